The predicted molar refractivity (Wildman–Crippen MR) is 66.2 cm³/mol. The summed E-state index contributed by atoms with van der Waals surface area (Å²) in [6, 6.07) is 0.128. The second-order valence-electron chi connectivity index (χ2n) is 5.28. The van der Waals surface area contributed by atoms with Crippen molar-refractivity contribution in [3.63, 3.8) is 0 Å². The van der Waals surface area contributed by atoms with Gasteiger partial charge in [0.15, 0.2) is 0 Å². The van der Waals surface area contributed by atoms with Gasteiger partial charge in [0, 0.05) is 32.2 Å². The molecule has 1 atom stereocenters. The van der Waals surface area contributed by atoms with Crippen LogP contribution in [0.5, 0.6) is 0 Å². The highest BCUT2D eigenvalue weighted by molar-refractivity contribution is 5.65. The molecule has 2 rings (SSSR count). The van der Waals surface area contributed by atoms with Gasteiger partial charge in [0.05, 0.1) is 0 Å². The van der Waals surface area contributed by atoms with E-state index in [-0.39, 0.29) is 6.04 Å². The smallest absolute Gasteiger partial charge is 0.407 e. The number of piperazine rings is 1. The lowest BCUT2D eigenvalue weighted by atomic mass is 9.97. The maximum absolute atomic E-state index is 11.0. The van der Waals surface area contributed by atoms with Crippen molar-refractivity contribution in [2.45, 2.75) is 25.8 Å². The Bertz CT molecular complexity index is 266. The molecule has 0 radical (unpaired) electrons. The van der Waals surface area contributed by atoms with E-state index >= 15 is 0 Å². The molecule has 1 amide bonds. The molecule has 2 fully saturated rings. The van der Waals surface area contributed by atoms with Crippen LogP contribution in [-0.4, -0.2) is 66.3 Å². The van der Waals surface area contributed by atoms with Crippen molar-refractivity contribution in [1.82, 2.24) is 15.1 Å². The molecule has 0 aromatic carbocycles. The number of hydrogen-bond donors (Lipinski definition) is 2. The first-order chi connectivity index (χ1) is 8.16. The first-order valence-electron chi connectivity index (χ1n) is 6.59. The summed E-state index contributed by atoms with van der Waals surface area (Å²) in [5.74, 6) is 0.792. The highest BCUT2D eigenvalue weighted by Gasteiger charge is 2.28. The Morgan fingerprint density at radius 3 is 2.65 bits per heavy atom. The van der Waals surface area contributed by atoms with Crippen LogP contribution in [0.15, 0.2) is 0 Å². The minimum absolute atomic E-state index is 0.128. The molecule has 2 saturated heterocycles. The zero-order valence-corrected chi connectivity index (χ0v) is 10.6. The second-order valence-corrected chi connectivity index (χ2v) is 5.28. The number of hydrogen-bond acceptors (Lipinski definition) is 3. The Kier molecular flexibility index (Phi) is 4.23. The molecule has 17 heavy (non-hydrogen) atoms. The fourth-order valence-electron chi connectivity index (χ4n) is 2.91. The van der Waals surface area contributed by atoms with Crippen LogP contribution in [0.25, 0.3) is 0 Å². The van der Waals surface area contributed by atoms with Crippen LogP contribution >= 0.6 is 0 Å². The third kappa shape index (κ3) is 3.33. The van der Waals surface area contributed by atoms with Gasteiger partial charge in [-0.1, -0.05) is 0 Å². The topological polar surface area (TPSA) is 55.8 Å². The zero-order valence-electron chi connectivity index (χ0n) is 10.6. The maximum atomic E-state index is 11.0. The van der Waals surface area contributed by atoms with Gasteiger partial charge < -0.3 is 15.3 Å². The van der Waals surface area contributed by atoms with Crippen LogP contribution in [0, 0.1) is 5.92 Å². The molecular formula is C12H23N3O2. The lowest BCUT2D eigenvalue weighted by molar-refractivity contribution is 0.0645. The molecule has 5 nitrogen and oxygen atoms in total. The number of rotatable bonds is 2. The molecule has 2 N–H and O–H groups in total. The van der Waals surface area contributed by atoms with Gasteiger partial charge in [-0.25, -0.2) is 4.79 Å². The van der Waals surface area contributed by atoms with Gasteiger partial charge >= 0.3 is 6.09 Å². The Balaban J connectivity index is 1.78. The van der Waals surface area contributed by atoms with Crippen molar-refractivity contribution in [3.8, 4) is 0 Å². The minimum Gasteiger partial charge on any atom is -0.465 e. The number of nitrogens with one attached hydrogen (secondary N) is 1. The summed E-state index contributed by atoms with van der Waals surface area (Å²) in [6.07, 6.45) is 1.74. The van der Waals surface area contributed by atoms with E-state index in [1.54, 1.807) is 4.90 Å². The molecule has 5 heteroatoms. The van der Waals surface area contributed by atoms with E-state index in [0.717, 1.165) is 38.6 Å². The molecule has 0 unspecified atom stereocenters. The second kappa shape index (κ2) is 5.69. The highest BCUT2D eigenvalue weighted by Crippen LogP contribution is 2.16. The fraction of sp³-hybridized carbons (Fsp3) is 0.917. The molecule has 0 aromatic heterocycles. The van der Waals surface area contributed by atoms with Crippen LogP contribution in [-0.2, 0) is 0 Å². The Hall–Kier alpha value is -0.810. The van der Waals surface area contributed by atoms with E-state index in [0.29, 0.717) is 6.54 Å². The van der Waals surface area contributed by atoms with Gasteiger partial charge in [0.25, 0.3) is 0 Å². The van der Waals surface area contributed by atoms with Gasteiger partial charge in [0.2, 0.25) is 0 Å². The van der Waals surface area contributed by atoms with Crippen LogP contribution < -0.4 is 5.32 Å². The summed E-state index contributed by atoms with van der Waals surface area (Å²) in [7, 11) is 0. The molecule has 2 aliphatic heterocycles. The molecule has 0 spiro atoms. The minimum atomic E-state index is -0.779. The molecule has 2 aliphatic rings. The molecule has 2 heterocycles. The predicted octanol–water partition coefficient (Wildman–Crippen LogP) is 0.670. The van der Waals surface area contributed by atoms with E-state index in [4.69, 9.17) is 5.11 Å². The van der Waals surface area contributed by atoms with Crippen LogP contribution in [0.4, 0.5) is 4.79 Å². The summed E-state index contributed by atoms with van der Waals surface area (Å²) in [5.41, 5.74) is 0. The lowest BCUT2D eigenvalue weighted by Gasteiger charge is -2.40. The van der Waals surface area contributed by atoms with Crippen LogP contribution in [0.1, 0.15) is 19.8 Å². The summed E-state index contributed by atoms with van der Waals surface area (Å²) in [6.45, 7) is 7.84. The first-order valence-corrected chi connectivity index (χ1v) is 6.59. The van der Waals surface area contributed by atoms with E-state index in [1.807, 2.05) is 6.92 Å². The van der Waals surface area contributed by atoms with Crippen molar-refractivity contribution in [2.24, 2.45) is 5.92 Å². The zero-order chi connectivity index (χ0) is 12.3. The van der Waals surface area contributed by atoms with Gasteiger partial charge in [-0.3, -0.25) is 4.90 Å². The summed E-state index contributed by atoms with van der Waals surface area (Å²) >= 11 is 0. The lowest BCUT2D eigenvalue weighted by Crippen LogP contribution is -2.54. The summed E-state index contributed by atoms with van der Waals surface area (Å²) < 4.78 is 0. The van der Waals surface area contributed by atoms with E-state index in [2.05, 4.69) is 10.2 Å². The maximum Gasteiger partial charge on any atom is 0.407 e. The fourth-order valence-corrected chi connectivity index (χ4v) is 2.91. The van der Waals surface area contributed by atoms with Crippen molar-refractivity contribution in [1.29, 1.82) is 0 Å². The van der Waals surface area contributed by atoms with E-state index in [1.165, 1.54) is 12.8 Å². The Morgan fingerprint density at radius 1 is 1.35 bits per heavy atom. The van der Waals surface area contributed by atoms with Gasteiger partial charge in [-0.15, -0.1) is 0 Å². The van der Waals surface area contributed by atoms with Gasteiger partial charge in [-0.05, 0) is 38.8 Å². The SMILES string of the molecule is C[C@@H]1CN(CC2CCNCC2)CCN1C(=O)O. The van der Waals surface area contributed by atoms with Crippen molar-refractivity contribution < 1.29 is 9.90 Å². The molecule has 0 saturated carbocycles. The van der Waals surface area contributed by atoms with Gasteiger partial charge in [-0.2, -0.15) is 0 Å². The van der Waals surface area contributed by atoms with Crippen molar-refractivity contribution in [2.75, 3.05) is 39.3 Å². The molecular weight excluding hydrogens is 218 g/mol. The largest absolute Gasteiger partial charge is 0.465 e. The van der Waals surface area contributed by atoms with Crippen molar-refractivity contribution >= 4 is 6.09 Å². The number of carbonyl (C=O) groups is 1. The standard InChI is InChI=1S/C12H23N3O2/c1-10-8-14(6-7-15(10)12(16)17)9-11-2-4-13-5-3-11/h10-11,13H,2-9H2,1H3,(H,16,17)/t10-/m1/s1. The van der Waals surface area contributed by atoms with Crippen LogP contribution in [0.2, 0.25) is 0 Å². The van der Waals surface area contributed by atoms with E-state index in [9.17, 15) is 4.79 Å². The highest BCUT2D eigenvalue weighted by atomic mass is 16.4. The number of amides is 1. The molecule has 0 bridgehead atoms. The molecule has 0 aromatic rings. The monoisotopic (exact) mass is 241 g/mol. The molecule has 98 valence electrons. The Morgan fingerprint density at radius 2 is 2.06 bits per heavy atom. The summed E-state index contributed by atoms with van der Waals surface area (Å²) in [4.78, 5) is 14.9. The summed E-state index contributed by atoms with van der Waals surface area (Å²) in [5, 5.41) is 12.4. The first kappa shape index (κ1) is 12.6. The average molecular weight is 241 g/mol. The Labute approximate surface area is 103 Å². The average Bonchev–Trinajstić information content (AvgIpc) is 2.30. The number of nitrogens with zero attached hydrogens (tertiary/aromatic N) is 2. The number of piperidine rings is 1. The normalized spacial score (nSPS) is 28.3. The van der Waals surface area contributed by atoms with Crippen LogP contribution in [0.3, 0.4) is 0 Å². The third-order valence-corrected chi connectivity index (χ3v) is 3.93. The third-order valence-electron chi connectivity index (χ3n) is 3.93. The van der Waals surface area contributed by atoms with E-state index < -0.39 is 6.09 Å². The van der Waals surface area contributed by atoms with Crippen molar-refractivity contribution in [3.05, 3.63) is 0 Å². The van der Waals surface area contributed by atoms with Gasteiger partial charge in [0.1, 0.15) is 0 Å². The quantitative estimate of drug-likeness (QED) is 0.746. The number of carboxylic acid groups (broad SMARTS) is 1. The molecule has 0 aliphatic carbocycles.